The molecule has 1 aliphatic rings. The normalized spacial score (nSPS) is 20.2. The number of amides is 1. The summed E-state index contributed by atoms with van der Waals surface area (Å²) in [5.41, 5.74) is -1.44. The van der Waals surface area contributed by atoms with E-state index in [1.54, 1.807) is 0 Å². The van der Waals surface area contributed by atoms with Gasteiger partial charge in [-0.05, 0) is 20.3 Å². The summed E-state index contributed by atoms with van der Waals surface area (Å²) in [6.07, 6.45) is -2.89. The van der Waals surface area contributed by atoms with E-state index >= 15 is 0 Å². The molecule has 1 fully saturated rings. The average molecular weight is 304 g/mol. The molecule has 0 aromatic carbocycles. The lowest BCUT2D eigenvalue weighted by Crippen LogP contribution is -2.39. The lowest BCUT2D eigenvalue weighted by atomic mass is 10.2. The molecule has 0 saturated carbocycles. The molecule has 1 aromatic rings. The van der Waals surface area contributed by atoms with E-state index in [1.165, 1.54) is 7.05 Å². The molecule has 0 spiro atoms. The summed E-state index contributed by atoms with van der Waals surface area (Å²) in [7, 11) is 1.18. The van der Waals surface area contributed by atoms with Crippen molar-refractivity contribution < 1.29 is 18.0 Å². The fourth-order valence-electron chi connectivity index (χ4n) is 2.58. The number of carbonyl (C=O) groups is 1. The first-order valence-electron chi connectivity index (χ1n) is 6.84. The minimum Gasteiger partial charge on any atom is -0.348 e. The number of nitrogens with one attached hydrogen (secondary N) is 1. The van der Waals surface area contributed by atoms with Gasteiger partial charge in [0.25, 0.3) is 5.91 Å². The van der Waals surface area contributed by atoms with E-state index in [4.69, 9.17) is 0 Å². The number of carbonyl (C=O) groups excluding carboxylic acids is 1. The molecule has 2 rings (SSSR count). The Kier molecular flexibility index (Phi) is 4.27. The molecular formula is C13H19F3N4O. The molecule has 1 saturated heterocycles. The maximum absolute atomic E-state index is 12.9. The fourth-order valence-corrected chi connectivity index (χ4v) is 2.58. The monoisotopic (exact) mass is 304 g/mol. The first kappa shape index (κ1) is 15.8. The molecule has 2 heterocycles. The third kappa shape index (κ3) is 3.37. The highest BCUT2D eigenvalue weighted by atomic mass is 19.4. The SMILES string of the molecule is CC(C)N1CCC(NC(=O)c2cnn(C)c2C(F)(F)F)C1. The number of aryl methyl sites for hydroxylation is 1. The summed E-state index contributed by atoms with van der Waals surface area (Å²) < 4.78 is 39.5. The Morgan fingerprint density at radius 3 is 2.67 bits per heavy atom. The summed E-state index contributed by atoms with van der Waals surface area (Å²) >= 11 is 0. The summed E-state index contributed by atoms with van der Waals surface area (Å²) in [5, 5.41) is 6.22. The van der Waals surface area contributed by atoms with Crippen molar-refractivity contribution in [2.75, 3.05) is 13.1 Å². The van der Waals surface area contributed by atoms with Crippen molar-refractivity contribution in [2.24, 2.45) is 7.05 Å². The van der Waals surface area contributed by atoms with Crippen LogP contribution < -0.4 is 5.32 Å². The lowest BCUT2D eigenvalue weighted by molar-refractivity contribution is -0.144. The van der Waals surface area contributed by atoms with Crippen molar-refractivity contribution in [1.29, 1.82) is 0 Å². The number of nitrogens with zero attached hydrogens (tertiary/aromatic N) is 3. The van der Waals surface area contributed by atoms with Gasteiger partial charge in [-0.2, -0.15) is 18.3 Å². The maximum Gasteiger partial charge on any atom is 0.433 e. The van der Waals surface area contributed by atoms with Gasteiger partial charge in [-0.3, -0.25) is 14.4 Å². The van der Waals surface area contributed by atoms with Crippen LogP contribution in [0.25, 0.3) is 0 Å². The Hall–Kier alpha value is -1.57. The molecular weight excluding hydrogens is 285 g/mol. The molecule has 0 radical (unpaired) electrons. The van der Waals surface area contributed by atoms with Crippen LogP contribution in [0.3, 0.4) is 0 Å². The molecule has 0 aliphatic carbocycles. The van der Waals surface area contributed by atoms with E-state index in [0.717, 1.165) is 19.2 Å². The van der Waals surface area contributed by atoms with Gasteiger partial charge in [0.15, 0.2) is 5.69 Å². The Labute approximate surface area is 121 Å². The van der Waals surface area contributed by atoms with Crippen molar-refractivity contribution in [3.05, 3.63) is 17.5 Å². The first-order chi connectivity index (χ1) is 9.70. The standard InChI is InChI=1S/C13H19F3N4O/c1-8(2)20-5-4-9(7-20)18-12(21)10-6-17-19(3)11(10)13(14,15)16/h6,8-9H,4-5,7H2,1-3H3,(H,18,21). The van der Waals surface area contributed by atoms with Gasteiger partial charge in [-0.25, -0.2) is 0 Å². The smallest absolute Gasteiger partial charge is 0.348 e. The molecule has 1 aromatic heterocycles. The van der Waals surface area contributed by atoms with E-state index in [-0.39, 0.29) is 6.04 Å². The maximum atomic E-state index is 12.9. The van der Waals surface area contributed by atoms with Gasteiger partial charge < -0.3 is 5.32 Å². The predicted molar refractivity (Wildman–Crippen MR) is 70.8 cm³/mol. The number of rotatable bonds is 3. The zero-order chi connectivity index (χ0) is 15.8. The van der Waals surface area contributed by atoms with Crippen LogP contribution in [-0.2, 0) is 13.2 Å². The highest BCUT2D eigenvalue weighted by Gasteiger charge is 2.39. The van der Waals surface area contributed by atoms with Crippen LogP contribution in [0.2, 0.25) is 0 Å². The zero-order valence-corrected chi connectivity index (χ0v) is 12.2. The second-order valence-corrected chi connectivity index (χ2v) is 5.58. The number of alkyl halides is 3. The van der Waals surface area contributed by atoms with Crippen molar-refractivity contribution in [2.45, 2.75) is 38.5 Å². The number of likely N-dealkylation sites (tertiary alicyclic amines) is 1. The second-order valence-electron chi connectivity index (χ2n) is 5.58. The van der Waals surface area contributed by atoms with Gasteiger partial charge in [0.2, 0.25) is 0 Å². The molecule has 1 amide bonds. The number of hydrogen-bond acceptors (Lipinski definition) is 3. The highest BCUT2D eigenvalue weighted by molar-refractivity contribution is 5.95. The van der Waals surface area contributed by atoms with Crippen molar-refractivity contribution in [3.8, 4) is 0 Å². The molecule has 21 heavy (non-hydrogen) atoms. The molecule has 118 valence electrons. The van der Waals surface area contributed by atoms with E-state index in [1.807, 2.05) is 13.8 Å². The van der Waals surface area contributed by atoms with Crippen LogP contribution in [-0.4, -0.2) is 45.8 Å². The number of aromatic nitrogens is 2. The summed E-state index contributed by atoms with van der Waals surface area (Å²) in [4.78, 5) is 14.3. The van der Waals surface area contributed by atoms with E-state index in [0.29, 0.717) is 17.3 Å². The van der Waals surface area contributed by atoms with E-state index in [9.17, 15) is 18.0 Å². The van der Waals surface area contributed by atoms with Gasteiger partial charge in [-0.15, -0.1) is 0 Å². The minimum atomic E-state index is -4.60. The molecule has 1 aliphatic heterocycles. The van der Waals surface area contributed by atoms with Crippen LogP contribution >= 0.6 is 0 Å². The van der Waals surface area contributed by atoms with Gasteiger partial charge in [0.05, 0.1) is 11.8 Å². The quantitative estimate of drug-likeness (QED) is 0.924. The third-order valence-electron chi connectivity index (χ3n) is 3.74. The second kappa shape index (κ2) is 5.67. The van der Waals surface area contributed by atoms with Gasteiger partial charge in [-0.1, -0.05) is 0 Å². The highest BCUT2D eigenvalue weighted by Crippen LogP contribution is 2.31. The Morgan fingerprint density at radius 2 is 2.14 bits per heavy atom. The minimum absolute atomic E-state index is 0.124. The number of halogens is 3. The van der Waals surface area contributed by atoms with Crippen LogP contribution in [0.4, 0.5) is 13.2 Å². The molecule has 1 unspecified atom stereocenters. The molecule has 0 bridgehead atoms. The Balaban J connectivity index is 2.09. The van der Waals surface area contributed by atoms with Crippen molar-refractivity contribution in [3.63, 3.8) is 0 Å². The summed E-state index contributed by atoms with van der Waals surface area (Å²) in [6.45, 7) is 5.59. The first-order valence-corrected chi connectivity index (χ1v) is 6.84. The third-order valence-corrected chi connectivity index (χ3v) is 3.74. The van der Waals surface area contributed by atoms with Gasteiger partial charge in [0.1, 0.15) is 0 Å². The summed E-state index contributed by atoms with van der Waals surface area (Å²) in [6, 6.07) is 0.234. The largest absolute Gasteiger partial charge is 0.433 e. The van der Waals surface area contributed by atoms with Crippen LogP contribution in [0.15, 0.2) is 6.20 Å². The molecule has 1 N–H and O–H groups in total. The average Bonchev–Trinajstić information content (AvgIpc) is 2.94. The van der Waals surface area contributed by atoms with Crippen LogP contribution in [0.5, 0.6) is 0 Å². The number of hydrogen-bond donors (Lipinski definition) is 1. The molecule has 5 nitrogen and oxygen atoms in total. The van der Waals surface area contributed by atoms with E-state index in [2.05, 4.69) is 15.3 Å². The molecule has 1 atom stereocenters. The predicted octanol–water partition coefficient (Wildman–Crippen LogP) is 1.65. The fraction of sp³-hybridized carbons (Fsp3) is 0.692. The van der Waals surface area contributed by atoms with Gasteiger partial charge in [0, 0.05) is 32.2 Å². The van der Waals surface area contributed by atoms with Crippen molar-refractivity contribution >= 4 is 5.91 Å². The Morgan fingerprint density at radius 1 is 1.48 bits per heavy atom. The topological polar surface area (TPSA) is 50.2 Å². The zero-order valence-electron chi connectivity index (χ0n) is 12.2. The molecule has 8 heteroatoms. The van der Waals surface area contributed by atoms with Crippen LogP contribution in [0.1, 0.15) is 36.3 Å². The summed E-state index contributed by atoms with van der Waals surface area (Å²) in [5.74, 6) is -0.717. The Bertz CT molecular complexity index is 524. The lowest BCUT2D eigenvalue weighted by Gasteiger charge is -2.20. The van der Waals surface area contributed by atoms with Crippen molar-refractivity contribution in [1.82, 2.24) is 20.0 Å². The van der Waals surface area contributed by atoms with E-state index < -0.39 is 23.3 Å². The van der Waals surface area contributed by atoms with Crippen LogP contribution in [0, 0.1) is 0 Å². The van der Waals surface area contributed by atoms with Gasteiger partial charge >= 0.3 is 6.18 Å².